The van der Waals surface area contributed by atoms with Crippen molar-refractivity contribution in [2.75, 3.05) is 13.1 Å². The number of nitrogens with two attached hydrogens (primary N) is 1. The molecule has 1 amide bonds. The fraction of sp³-hybridized carbons (Fsp3) is 0.778. The zero-order valence-electron chi connectivity index (χ0n) is 7.95. The average Bonchev–Trinajstić information content (AvgIpc) is 2.17. The van der Waals surface area contributed by atoms with Gasteiger partial charge in [0, 0.05) is 25.4 Å². The molecule has 0 aromatic rings. The largest absolute Gasteiger partial charge is 0.393 e. The van der Waals surface area contributed by atoms with Crippen molar-refractivity contribution < 1.29 is 4.79 Å². The topological polar surface area (TPSA) is 46.3 Å². The van der Waals surface area contributed by atoms with Gasteiger partial charge in [-0.25, -0.2) is 0 Å². The minimum Gasteiger partial charge on any atom is -0.393 e. The van der Waals surface area contributed by atoms with Crippen molar-refractivity contribution in [2.24, 2.45) is 11.7 Å². The smallest absolute Gasteiger partial charge is 0.222 e. The Kier molecular flexibility index (Phi) is 3.66. The molecule has 1 fully saturated rings. The normalized spacial score (nSPS) is 22.8. The van der Waals surface area contributed by atoms with Crippen molar-refractivity contribution in [1.82, 2.24) is 4.90 Å². The molecular weight excluding hydrogens is 184 g/mol. The number of likely N-dealkylation sites (tertiary alicyclic amines) is 1. The first-order valence-corrected chi connectivity index (χ1v) is 5.13. The molecule has 0 spiro atoms. The lowest BCUT2D eigenvalue weighted by Crippen LogP contribution is -2.43. The second kappa shape index (κ2) is 4.56. The minimum atomic E-state index is 0.209. The van der Waals surface area contributed by atoms with Crippen LogP contribution in [-0.2, 0) is 4.79 Å². The van der Waals surface area contributed by atoms with E-state index in [0.29, 0.717) is 11.4 Å². The van der Waals surface area contributed by atoms with Gasteiger partial charge in [0.15, 0.2) is 0 Å². The Labute approximate surface area is 84.3 Å². The predicted octanol–water partition coefficient (Wildman–Crippen LogP) is 0.921. The van der Waals surface area contributed by atoms with Gasteiger partial charge in [-0.15, -0.1) is 0 Å². The van der Waals surface area contributed by atoms with E-state index >= 15 is 0 Å². The molecule has 0 bridgehead atoms. The number of hydrogen-bond donors (Lipinski definition) is 1. The number of nitrogens with zero attached hydrogens (tertiary/aromatic N) is 1. The molecule has 0 saturated carbocycles. The third-order valence-electron chi connectivity index (χ3n) is 2.48. The van der Waals surface area contributed by atoms with Gasteiger partial charge in [-0.05, 0) is 12.8 Å². The Morgan fingerprint density at radius 2 is 2.38 bits per heavy atom. The maximum absolute atomic E-state index is 11.4. The molecule has 1 heterocycles. The van der Waals surface area contributed by atoms with E-state index in [0.717, 1.165) is 25.9 Å². The number of thiocarbonyl (C=S) groups is 1. The summed E-state index contributed by atoms with van der Waals surface area (Å²) in [5.74, 6) is 0.445. The minimum absolute atomic E-state index is 0.209. The van der Waals surface area contributed by atoms with Gasteiger partial charge in [0.05, 0.1) is 4.99 Å². The molecule has 0 radical (unpaired) electrons. The molecule has 1 aliphatic heterocycles. The van der Waals surface area contributed by atoms with E-state index in [1.54, 1.807) is 0 Å². The summed E-state index contributed by atoms with van der Waals surface area (Å²) in [6.45, 7) is 3.47. The van der Waals surface area contributed by atoms with Crippen molar-refractivity contribution in [3.8, 4) is 0 Å². The molecule has 3 nitrogen and oxygen atoms in total. The van der Waals surface area contributed by atoms with Crippen LogP contribution in [-0.4, -0.2) is 28.9 Å². The number of piperidine rings is 1. The van der Waals surface area contributed by atoms with Crippen LogP contribution in [0.2, 0.25) is 0 Å². The number of rotatable bonds is 2. The van der Waals surface area contributed by atoms with E-state index in [2.05, 4.69) is 0 Å². The molecule has 1 rings (SSSR count). The Morgan fingerprint density at radius 1 is 1.69 bits per heavy atom. The van der Waals surface area contributed by atoms with Gasteiger partial charge < -0.3 is 10.6 Å². The number of amides is 1. The third-order valence-corrected chi connectivity index (χ3v) is 2.81. The van der Waals surface area contributed by atoms with Crippen LogP contribution in [0.5, 0.6) is 0 Å². The lowest BCUT2D eigenvalue weighted by atomic mass is 9.98. The van der Waals surface area contributed by atoms with Crippen molar-refractivity contribution in [3.05, 3.63) is 0 Å². The molecule has 0 aliphatic carbocycles. The molecule has 1 atom stereocenters. The highest BCUT2D eigenvalue weighted by molar-refractivity contribution is 7.80. The van der Waals surface area contributed by atoms with Gasteiger partial charge in [0.2, 0.25) is 5.91 Å². The standard InChI is InChI=1S/C9H16N2OS/c1-2-8(12)11-5-3-4-7(6-11)9(10)13/h7H,2-6H2,1H3,(H2,10,13). The van der Waals surface area contributed by atoms with E-state index < -0.39 is 0 Å². The van der Waals surface area contributed by atoms with Crippen molar-refractivity contribution in [2.45, 2.75) is 26.2 Å². The summed E-state index contributed by atoms with van der Waals surface area (Å²) in [6.07, 6.45) is 2.63. The van der Waals surface area contributed by atoms with Crippen molar-refractivity contribution in [1.29, 1.82) is 0 Å². The number of carbonyl (C=O) groups is 1. The van der Waals surface area contributed by atoms with Crippen molar-refractivity contribution >= 4 is 23.1 Å². The number of hydrogen-bond acceptors (Lipinski definition) is 2. The maximum Gasteiger partial charge on any atom is 0.222 e. The molecule has 1 unspecified atom stereocenters. The Balaban J connectivity index is 2.51. The van der Waals surface area contributed by atoms with Gasteiger partial charge in [-0.3, -0.25) is 4.79 Å². The summed E-state index contributed by atoms with van der Waals surface area (Å²) in [4.78, 5) is 13.8. The maximum atomic E-state index is 11.4. The SMILES string of the molecule is CCC(=O)N1CCCC(C(N)=S)C1. The Bertz CT molecular complexity index is 218. The molecule has 4 heteroatoms. The average molecular weight is 200 g/mol. The summed E-state index contributed by atoms with van der Waals surface area (Å²) in [6, 6.07) is 0. The third kappa shape index (κ3) is 2.66. The molecule has 1 aliphatic rings. The van der Waals surface area contributed by atoms with Gasteiger partial charge in [0.1, 0.15) is 0 Å². The summed E-state index contributed by atoms with van der Waals surface area (Å²) in [5, 5.41) is 0. The second-order valence-electron chi connectivity index (χ2n) is 3.43. The molecule has 74 valence electrons. The van der Waals surface area contributed by atoms with Gasteiger partial charge in [-0.2, -0.15) is 0 Å². The molecule has 1 saturated heterocycles. The molecular formula is C9H16N2OS. The zero-order valence-corrected chi connectivity index (χ0v) is 8.77. The quantitative estimate of drug-likeness (QED) is 0.674. The molecule has 2 N–H and O–H groups in total. The highest BCUT2D eigenvalue weighted by atomic mass is 32.1. The highest BCUT2D eigenvalue weighted by Gasteiger charge is 2.23. The summed E-state index contributed by atoms with van der Waals surface area (Å²) < 4.78 is 0. The monoisotopic (exact) mass is 200 g/mol. The van der Waals surface area contributed by atoms with Crippen LogP contribution in [0, 0.1) is 5.92 Å². The summed E-state index contributed by atoms with van der Waals surface area (Å²) in [5.41, 5.74) is 5.56. The molecule has 0 aromatic heterocycles. The van der Waals surface area contributed by atoms with Crippen LogP contribution in [0.1, 0.15) is 26.2 Å². The van der Waals surface area contributed by atoms with Crippen LogP contribution in [0.15, 0.2) is 0 Å². The van der Waals surface area contributed by atoms with Gasteiger partial charge >= 0.3 is 0 Å². The van der Waals surface area contributed by atoms with E-state index in [9.17, 15) is 4.79 Å². The van der Waals surface area contributed by atoms with Crippen LogP contribution in [0.3, 0.4) is 0 Å². The fourth-order valence-corrected chi connectivity index (χ4v) is 1.85. The first kappa shape index (κ1) is 10.4. The van der Waals surface area contributed by atoms with E-state index in [-0.39, 0.29) is 11.8 Å². The second-order valence-corrected chi connectivity index (χ2v) is 3.91. The van der Waals surface area contributed by atoms with E-state index in [1.165, 1.54) is 0 Å². The number of carbonyl (C=O) groups excluding carboxylic acids is 1. The predicted molar refractivity (Wildman–Crippen MR) is 56.4 cm³/mol. The highest BCUT2D eigenvalue weighted by Crippen LogP contribution is 2.17. The zero-order chi connectivity index (χ0) is 9.84. The van der Waals surface area contributed by atoms with Crippen LogP contribution >= 0.6 is 12.2 Å². The molecule has 0 aromatic carbocycles. The van der Waals surface area contributed by atoms with E-state index in [1.807, 2.05) is 11.8 Å². The van der Waals surface area contributed by atoms with Crippen LogP contribution in [0.4, 0.5) is 0 Å². The lowest BCUT2D eigenvalue weighted by molar-refractivity contribution is -0.132. The summed E-state index contributed by atoms with van der Waals surface area (Å²) >= 11 is 4.93. The first-order valence-electron chi connectivity index (χ1n) is 4.72. The lowest BCUT2D eigenvalue weighted by Gasteiger charge is -2.32. The summed E-state index contributed by atoms with van der Waals surface area (Å²) in [7, 11) is 0. The fourth-order valence-electron chi connectivity index (χ4n) is 1.66. The Hall–Kier alpha value is -0.640. The van der Waals surface area contributed by atoms with E-state index in [4.69, 9.17) is 18.0 Å². The molecule has 13 heavy (non-hydrogen) atoms. The van der Waals surface area contributed by atoms with Crippen LogP contribution in [0.25, 0.3) is 0 Å². The Morgan fingerprint density at radius 3 is 2.92 bits per heavy atom. The first-order chi connectivity index (χ1) is 6.15. The van der Waals surface area contributed by atoms with Crippen molar-refractivity contribution in [3.63, 3.8) is 0 Å². The van der Waals surface area contributed by atoms with Gasteiger partial charge in [-0.1, -0.05) is 19.1 Å². The van der Waals surface area contributed by atoms with Gasteiger partial charge in [0.25, 0.3) is 0 Å². The van der Waals surface area contributed by atoms with Crippen LogP contribution < -0.4 is 5.73 Å².